The number of fused-ring (bicyclic) bond motifs is 2. The minimum atomic E-state index is -2.43. The molecule has 332 valence electrons. The Morgan fingerprint density at radius 3 is 1.81 bits per heavy atom. The maximum atomic E-state index is 9.52. The van der Waals surface area contributed by atoms with E-state index in [1.54, 1.807) is 24.3 Å². The standard InChI is InChI=1S/C61H44BN5O.Pt/c1-44-39-53(46-23-8-3-9-24-46)61(54(40-44)48-26-18-25-47(41-48)45-21-6-2-7-22-45)65-43-64(55-33-14-15-34-56(55)65)51-31-19-32-52(42-51)68-60-38-20-37-59(63-60)67-58-36-17-16-35-57(58)66(50-29-12-5-13-30-50)62(67)49-27-10-4-11-28-49;/h2-42H,1H3;/i1D3,19D,31D,32D;. The SMILES string of the molecule is [2H]c1c(Oc2cccc(N3B(c4ccccc4)N(c4ccccc4)c4ccccc43)n2)cc(-n2[c](=[Pt])n(-c3c(-c4ccccc4)cc(C([2H])([2H])[2H])cc3-c3cccc(-c4ccccc4)c3)c3ccccc32)c([2H])c1[2H]. The molecule has 11 aromatic rings. The van der Waals surface area contributed by atoms with E-state index in [0.717, 1.165) is 56.0 Å². The second kappa shape index (κ2) is 18.1. The van der Waals surface area contributed by atoms with Crippen molar-refractivity contribution in [3.63, 3.8) is 0 Å². The van der Waals surface area contributed by atoms with E-state index in [4.69, 9.17) is 13.8 Å². The van der Waals surface area contributed by atoms with E-state index in [0.29, 0.717) is 32.0 Å². The number of rotatable bonds is 10. The van der Waals surface area contributed by atoms with Crippen LogP contribution >= 0.6 is 0 Å². The van der Waals surface area contributed by atoms with Crippen molar-refractivity contribution in [3.05, 3.63) is 258 Å². The summed E-state index contributed by atoms with van der Waals surface area (Å²) in [5.41, 5.74) is 11.8. The summed E-state index contributed by atoms with van der Waals surface area (Å²) < 4.78 is 65.4. The molecular weight excluding hydrogens is 1020 g/mol. The topological polar surface area (TPSA) is 38.5 Å². The molecular formula is C61H44BN5OPt. The van der Waals surface area contributed by atoms with Crippen molar-refractivity contribution < 1.29 is 32.3 Å². The van der Waals surface area contributed by atoms with E-state index in [2.05, 4.69) is 94.2 Å². The van der Waals surface area contributed by atoms with Gasteiger partial charge in [0.15, 0.2) is 0 Å². The maximum absolute atomic E-state index is 9.52. The van der Waals surface area contributed by atoms with E-state index < -0.39 is 6.85 Å². The Hall–Kier alpha value is -8.25. The minimum absolute atomic E-state index is 0.0498. The fraction of sp³-hybridized carbons (Fsp3) is 0.0164. The van der Waals surface area contributed by atoms with Crippen LogP contribution in [0.5, 0.6) is 11.6 Å². The van der Waals surface area contributed by atoms with Crippen LogP contribution in [0.4, 0.5) is 22.9 Å². The van der Waals surface area contributed by atoms with Crippen LogP contribution in [-0.4, -0.2) is 21.1 Å². The van der Waals surface area contributed by atoms with Crippen molar-refractivity contribution in [1.29, 1.82) is 0 Å². The Kier molecular flexibility index (Phi) is 9.41. The number of aromatic nitrogens is 3. The van der Waals surface area contributed by atoms with Crippen molar-refractivity contribution in [2.75, 3.05) is 9.62 Å². The molecule has 0 fully saturated rings. The number of hydrogen-bond donors (Lipinski definition) is 0. The predicted molar refractivity (Wildman–Crippen MR) is 280 cm³/mol. The summed E-state index contributed by atoms with van der Waals surface area (Å²) in [5.74, 6) is 0.866. The van der Waals surface area contributed by atoms with E-state index in [1.165, 1.54) is 0 Å². The van der Waals surface area contributed by atoms with Gasteiger partial charge in [-0.3, -0.25) is 0 Å². The van der Waals surface area contributed by atoms with Gasteiger partial charge >= 0.3 is 339 Å². The Bertz CT molecular complexity index is 4010. The van der Waals surface area contributed by atoms with Crippen LogP contribution in [0.1, 0.15) is 13.8 Å². The Labute approximate surface area is 421 Å². The molecule has 0 unspecified atom stereocenters. The zero-order valence-corrected chi connectivity index (χ0v) is 39.2. The number of ether oxygens (including phenoxy) is 1. The van der Waals surface area contributed by atoms with Crippen LogP contribution in [0, 0.1) is 10.7 Å². The van der Waals surface area contributed by atoms with Crippen molar-refractivity contribution >= 4 is 46.4 Å². The summed E-state index contributed by atoms with van der Waals surface area (Å²) in [6, 6.07) is 74.7. The second-order valence-electron chi connectivity index (χ2n) is 16.7. The van der Waals surface area contributed by atoms with Crippen LogP contribution < -0.4 is 19.8 Å². The van der Waals surface area contributed by atoms with Gasteiger partial charge in [0.2, 0.25) is 0 Å². The first-order valence-corrected chi connectivity index (χ1v) is 23.8. The van der Waals surface area contributed by atoms with Gasteiger partial charge in [0.1, 0.15) is 0 Å². The number of pyridine rings is 1. The van der Waals surface area contributed by atoms with Crippen molar-refractivity contribution in [2.45, 2.75) is 6.85 Å². The summed E-state index contributed by atoms with van der Waals surface area (Å²) in [7, 11) is 0. The summed E-state index contributed by atoms with van der Waals surface area (Å²) >= 11 is 2.26. The fourth-order valence-electron chi connectivity index (χ4n) is 9.51. The number of para-hydroxylation sites is 5. The Morgan fingerprint density at radius 2 is 1.09 bits per heavy atom. The summed E-state index contributed by atoms with van der Waals surface area (Å²) in [4.78, 5) is 9.61. The quantitative estimate of drug-likeness (QED) is 0.128. The van der Waals surface area contributed by atoms with E-state index in [1.807, 2.05) is 150 Å². The van der Waals surface area contributed by atoms with Gasteiger partial charge in [-0.1, -0.05) is 60.7 Å². The molecule has 9 aromatic carbocycles. The van der Waals surface area contributed by atoms with Gasteiger partial charge in [-0.05, 0) is 18.2 Å². The third-order valence-electron chi connectivity index (χ3n) is 12.5. The van der Waals surface area contributed by atoms with Crippen LogP contribution in [0.15, 0.2) is 249 Å². The molecule has 6 nitrogen and oxygen atoms in total. The zero-order valence-electron chi connectivity index (χ0n) is 43.0. The number of aryl methyl sites for hydroxylation is 1. The Balaban J connectivity index is 1.02. The van der Waals surface area contributed by atoms with Crippen LogP contribution in [-0.2, 0) is 19.4 Å². The molecule has 0 aliphatic carbocycles. The molecule has 8 heteroatoms. The summed E-state index contributed by atoms with van der Waals surface area (Å²) in [6.07, 6.45) is 0. The molecule has 12 rings (SSSR count). The third-order valence-corrected chi connectivity index (χ3v) is 13.5. The summed E-state index contributed by atoms with van der Waals surface area (Å²) in [5, 5.41) is 0. The van der Waals surface area contributed by atoms with Gasteiger partial charge in [-0.15, -0.1) is 0 Å². The average Bonchev–Trinajstić information content (AvgIpc) is 4.00. The molecule has 2 aromatic heterocycles. The van der Waals surface area contributed by atoms with Crippen LogP contribution in [0.3, 0.4) is 0 Å². The molecule has 0 radical (unpaired) electrons. The molecule has 0 spiro atoms. The van der Waals surface area contributed by atoms with Crippen molar-refractivity contribution in [1.82, 2.24) is 14.1 Å². The van der Waals surface area contributed by atoms with Gasteiger partial charge < -0.3 is 0 Å². The molecule has 1 aliphatic rings. The molecule has 0 bridgehead atoms. The molecule has 0 amide bonds. The second-order valence-corrected chi connectivity index (χ2v) is 17.7. The van der Waals surface area contributed by atoms with Gasteiger partial charge in [0.25, 0.3) is 0 Å². The van der Waals surface area contributed by atoms with Crippen molar-refractivity contribution in [2.24, 2.45) is 0 Å². The Morgan fingerprint density at radius 1 is 0.507 bits per heavy atom. The third kappa shape index (κ3) is 7.81. The molecule has 0 saturated heterocycles. The van der Waals surface area contributed by atoms with E-state index in [9.17, 15) is 4.11 Å². The average molecular weight is 1070 g/mol. The number of nitrogens with zero attached hydrogens (tertiary/aromatic N) is 5. The number of hydrogen-bond acceptors (Lipinski definition) is 4. The van der Waals surface area contributed by atoms with Gasteiger partial charge in [0.05, 0.1) is 0 Å². The molecule has 1 aliphatic heterocycles. The van der Waals surface area contributed by atoms with E-state index >= 15 is 0 Å². The van der Waals surface area contributed by atoms with Gasteiger partial charge in [-0.25, -0.2) is 0 Å². The fourth-order valence-corrected chi connectivity index (χ4v) is 10.6. The van der Waals surface area contributed by atoms with Crippen LogP contribution in [0.2, 0.25) is 0 Å². The molecule has 0 N–H and O–H groups in total. The number of imidazole rings is 1. The first kappa shape index (κ1) is 35.9. The number of anilines is 4. The molecule has 0 saturated carbocycles. The van der Waals surface area contributed by atoms with Crippen molar-refractivity contribution in [3.8, 4) is 56.4 Å². The first-order chi connectivity index (χ1) is 36.5. The van der Waals surface area contributed by atoms with Gasteiger partial charge in [-0.2, -0.15) is 0 Å². The number of benzene rings is 9. The molecule has 0 atom stereocenters. The van der Waals surface area contributed by atoms with Crippen LogP contribution in [0.25, 0.3) is 55.8 Å². The summed E-state index contributed by atoms with van der Waals surface area (Å²) in [6.45, 7) is -2.75. The molecule has 69 heavy (non-hydrogen) atoms. The first-order valence-electron chi connectivity index (χ1n) is 25.6. The normalized spacial score (nSPS) is 13.6. The molecule has 3 heterocycles. The zero-order chi connectivity index (χ0) is 51.4. The van der Waals surface area contributed by atoms with E-state index in [-0.39, 0.29) is 42.3 Å². The predicted octanol–water partition coefficient (Wildman–Crippen LogP) is 14.7. The van der Waals surface area contributed by atoms with Gasteiger partial charge in [0, 0.05) is 5.69 Å². The monoisotopic (exact) mass is 1070 g/mol.